The standard InChI is InChI=1S/C17H29N5O/c1-2-22-15(19-20-16(22)13-9-14(18)10-13)11-21-7-8-23-17(12-21)5-3-4-6-17/h13-14H,2-12,18H2,1H3. The summed E-state index contributed by atoms with van der Waals surface area (Å²) in [6.07, 6.45) is 7.16. The van der Waals surface area contributed by atoms with E-state index in [2.05, 4.69) is 26.6 Å². The van der Waals surface area contributed by atoms with E-state index in [0.717, 1.165) is 57.3 Å². The predicted molar refractivity (Wildman–Crippen MR) is 88.1 cm³/mol. The zero-order valence-corrected chi connectivity index (χ0v) is 14.2. The van der Waals surface area contributed by atoms with Gasteiger partial charge in [-0.2, -0.15) is 0 Å². The molecule has 1 aliphatic heterocycles. The van der Waals surface area contributed by atoms with Crippen molar-refractivity contribution in [1.29, 1.82) is 0 Å². The highest BCUT2D eigenvalue weighted by Gasteiger charge is 2.39. The van der Waals surface area contributed by atoms with E-state index < -0.39 is 0 Å². The Morgan fingerprint density at radius 2 is 2.04 bits per heavy atom. The summed E-state index contributed by atoms with van der Waals surface area (Å²) in [6.45, 7) is 6.93. The fourth-order valence-corrected chi connectivity index (χ4v) is 4.57. The largest absolute Gasteiger partial charge is 0.372 e. The molecule has 0 aromatic carbocycles. The van der Waals surface area contributed by atoms with Gasteiger partial charge in [0.2, 0.25) is 0 Å². The molecular weight excluding hydrogens is 290 g/mol. The molecule has 0 atom stereocenters. The molecule has 6 heteroatoms. The van der Waals surface area contributed by atoms with Gasteiger partial charge in [-0.15, -0.1) is 10.2 Å². The quantitative estimate of drug-likeness (QED) is 0.914. The smallest absolute Gasteiger partial charge is 0.147 e. The predicted octanol–water partition coefficient (Wildman–Crippen LogP) is 1.65. The highest BCUT2D eigenvalue weighted by atomic mass is 16.5. The molecule has 1 spiro atoms. The Kier molecular flexibility index (Phi) is 4.15. The molecule has 1 aromatic heterocycles. The molecule has 2 saturated carbocycles. The maximum atomic E-state index is 6.13. The molecule has 0 radical (unpaired) electrons. The molecule has 2 aliphatic carbocycles. The van der Waals surface area contributed by atoms with Crippen LogP contribution in [0.25, 0.3) is 0 Å². The Labute approximate surface area is 138 Å². The van der Waals surface area contributed by atoms with Crippen molar-refractivity contribution < 1.29 is 4.74 Å². The third-order valence-electron chi connectivity index (χ3n) is 5.92. The first-order chi connectivity index (χ1) is 11.2. The highest BCUT2D eigenvalue weighted by Crippen LogP contribution is 2.37. The molecule has 23 heavy (non-hydrogen) atoms. The molecule has 3 aliphatic rings. The summed E-state index contributed by atoms with van der Waals surface area (Å²) in [5.74, 6) is 2.77. The van der Waals surface area contributed by atoms with Crippen LogP contribution in [0.2, 0.25) is 0 Å². The van der Waals surface area contributed by atoms with Crippen LogP contribution in [0.4, 0.5) is 0 Å². The normalized spacial score (nSPS) is 30.7. The number of nitrogens with zero attached hydrogens (tertiary/aromatic N) is 4. The van der Waals surface area contributed by atoms with E-state index in [0.29, 0.717) is 12.0 Å². The van der Waals surface area contributed by atoms with Crippen molar-refractivity contribution in [2.75, 3.05) is 19.7 Å². The summed E-state index contributed by atoms with van der Waals surface area (Å²) in [5.41, 5.74) is 6.06. The lowest BCUT2D eigenvalue weighted by Gasteiger charge is -2.40. The SMILES string of the molecule is CCn1c(CN2CCOC3(CCCC3)C2)nnc1C1CC(N)C1. The zero-order valence-electron chi connectivity index (χ0n) is 14.2. The fraction of sp³-hybridized carbons (Fsp3) is 0.882. The minimum atomic E-state index is 0.124. The summed E-state index contributed by atoms with van der Waals surface area (Å²) in [5, 5.41) is 9.01. The van der Waals surface area contributed by atoms with Gasteiger partial charge in [-0.3, -0.25) is 4.90 Å². The Bertz CT molecular complexity index is 545. The lowest BCUT2D eigenvalue weighted by Crippen LogP contribution is -2.50. The Morgan fingerprint density at radius 1 is 1.26 bits per heavy atom. The van der Waals surface area contributed by atoms with Gasteiger partial charge in [-0.25, -0.2) is 0 Å². The maximum absolute atomic E-state index is 6.13. The highest BCUT2D eigenvalue weighted by molar-refractivity contribution is 5.09. The lowest BCUT2D eigenvalue weighted by molar-refractivity contribution is -0.107. The van der Waals surface area contributed by atoms with Crippen molar-refractivity contribution in [3.63, 3.8) is 0 Å². The summed E-state index contributed by atoms with van der Waals surface area (Å²) in [6, 6.07) is 0.354. The van der Waals surface area contributed by atoms with E-state index in [1.165, 1.54) is 25.7 Å². The van der Waals surface area contributed by atoms with Gasteiger partial charge in [-0.05, 0) is 32.6 Å². The van der Waals surface area contributed by atoms with Gasteiger partial charge in [0.15, 0.2) is 0 Å². The number of rotatable bonds is 4. The summed E-state index contributed by atoms with van der Waals surface area (Å²) in [4.78, 5) is 2.52. The molecule has 1 aromatic rings. The van der Waals surface area contributed by atoms with Crippen molar-refractivity contribution >= 4 is 0 Å². The molecule has 3 fully saturated rings. The van der Waals surface area contributed by atoms with Gasteiger partial charge >= 0.3 is 0 Å². The first-order valence-electron chi connectivity index (χ1n) is 9.23. The molecule has 4 rings (SSSR count). The van der Waals surface area contributed by atoms with E-state index in [1.54, 1.807) is 0 Å². The minimum absolute atomic E-state index is 0.124. The van der Waals surface area contributed by atoms with Crippen LogP contribution in [-0.4, -0.2) is 51.0 Å². The van der Waals surface area contributed by atoms with Gasteiger partial charge in [0.1, 0.15) is 11.6 Å². The van der Waals surface area contributed by atoms with E-state index in [-0.39, 0.29) is 5.60 Å². The molecule has 0 amide bonds. The second kappa shape index (κ2) is 6.15. The first-order valence-corrected chi connectivity index (χ1v) is 9.23. The molecule has 0 bridgehead atoms. The average molecular weight is 319 g/mol. The molecule has 2 N–H and O–H groups in total. The molecule has 6 nitrogen and oxygen atoms in total. The number of nitrogens with two attached hydrogens (primary N) is 1. The molecule has 1 saturated heterocycles. The van der Waals surface area contributed by atoms with Crippen LogP contribution >= 0.6 is 0 Å². The Balaban J connectivity index is 1.46. The third-order valence-corrected chi connectivity index (χ3v) is 5.92. The van der Waals surface area contributed by atoms with Crippen LogP contribution in [0.5, 0.6) is 0 Å². The van der Waals surface area contributed by atoms with Gasteiger partial charge in [0.05, 0.1) is 18.8 Å². The van der Waals surface area contributed by atoms with Crippen molar-refractivity contribution in [3.05, 3.63) is 11.6 Å². The maximum Gasteiger partial charge on any atom is 0.147 e. The Hall–Kier alpha value is -0.980. The van der Waals surface area contributed by atoms with Gasteiger partial charge in [0, 0.05) is 31.6 Å². The number of hydrogen-bond donors (Lipinski definition) is 1. The van der Waals surface area contributed by atoms with Crippen molar-refractivity contribution in [3.8, 4) is 0 Å². The van der Waals surface area contributed by atoms with E-state index in [9.17, 15) is 0 Å². The van der Waals surface area contributed by atoms with Crippen molar-refractivity contribution in [1.82, 2.24) is 19.7 Å². The second-order valence-electron chi connectivity index (χ2n) is 7.60. The summed E-state index contributed by atoms with van der Waals surface area (Å²) in [7, 11) is 0. The topological polar surface area (TPSA) is 69.2 Å². The van der Waals surface area contributed by atoms with Crippen LogP contribution in [0.3, 0.4) is 0 Å². The number of aromatic nitrogens is 3. The number of ether oxygens (including phenoxy) is 1. The average Bonchev–Trinajstić information content (AvgIpc) is 3.11. The van der Waals surface area contributed by atoms with Crippen LogP contribution in [0, 0.1) is 0 Å². The van der Waals surface area contributed by atoms with Crippen molar-refractivity contribution in [2.24, 2.45) is 5.73 Å². The lowest BCUT2D eigenvalue weighted by atomic mass is 9.80. The second-order valence-corrected chi connectivity index (χ2v) is 7.60. The van der Waals surface area contributed by atoms with Crippen LogP contribution in [0.1, 0.15) is 63.0 Å². The van der Waals surface area contributed by atoms with Crippen LogP contribution in [-0.2, 0) is 17.8 Å². The molecule has 0 unspecified atom stereocenters. The van der Waals surface area contributed by atoms with E-state index in [1.807, 2.05) is 0 Å². The third kappa shape index (κ3) is 2.92. The summed E-state index contributed by atoms with van der Waals surface area (Å²) >= 11 is 0. The van der Waals surface area contributed by atoms with Crippen molar-refractivity contribution in [2.45, 2.75) is 76.1 Å². The van der Waals surface area contributed by atoms with E-state index in [4.69, 9.17) is 10.5 Å². The molecular formula is C17H29N5O. The number of morpholine rings is 1. The van der Waals surface area contributed by atoms with Gasteiger partial charge in [0.25, 0.3) is 0 Å². The monoisotopic (exact) mass is 319 g/mol. The van der Waals surface area contributed by atoms with Gasteiger partial charge < -0.3 is 15.0 Å². The van der Waals surface area contributed by atoms with E-state index >= 15 is 0 Å². The summed E-state index contributed by atoms with van der Waals surface area (Å²) < 4.78 is 8.45. The molecule has 2 heterocycles. The van der Waals surface area contributed by atoms with Crippen LogP contribution in [0.15, 0.2) is 0 Å². The van der Waals surface area contributed by atoms with Crippen LogP contribution < -0.4 is 5.73 Å². The molecule has 128 valence electrons. The van der Waals surface area contributed by atoms with Gasteiger partial charge in [-0.1, -0.05) is 12.8 Å². The fourth-order valence-electron chi connectivity index (χ4n) is 4.57. The Morgan fingerprint density at radius 3 is 2.74 bits per heavy atom. The number of hydrogen-bond acceptors (Lipinski definition) is 5. The minimum Gasteiger partial charge on any atom is -0.372 e. The first kappa shape index (κ1) is 15.5. The zero-order chi connectivity index (χ0) is 15.9.